The van der Waals surface area contributed by atoms with Gasteiger partial charge in [-0.15, -0.1) is 0 Å². The van der Waals surface area contributed by atoms with E-state index < -0.39 is 0 Å². The predicted octanol–water partition coefficient (Wildman–Crippen LogP) is 4.73. The maximum atomic E-state index is 12.4. The van der Waals surface area contributed by atoms with Gasteiger partial charge in [0, 0.05) is 30.7 Å². The molecule has 1 N–H and O–H groups in total. The van der Waals surface area contributed by atoms with Crippen LogP contribution in [0.5, 0.6) is 11.6 Å². The summed E-state index contributed by atoms with van der Waals surface area (Å²) in [5, 5.41) is 3.08. The van der Waals surface area contributed by atoms with Gasteiger partial charge in [0.2, 0.25) is 5.88 Å². The van der Waals surface area contributed by atoms with E-state index in [1.165, 1.54) is 18.0 Å². The summed E-state index contributed by atoms with van der Waals surface area (Å²) in [4.78, 5) is 24.7. The summed E-state index contributed by atoms with van der Waals surface area (Å²) in [6, 6.07) is 11.9. The largest absolute Gasteiger partial charge is 0.439 e. The van der Waals surface area contributed by atoms with Crippen molar-refractivity contribution in [1.82, 2.24) is 20.3 Å². The number of nitrogens with zero attached hydrogens (tertiary/aromatic N) is 3. The molecule has 4 rings (SSSR count). The Morgan fingerprint density at radius 2 is 2.10 bits per heavy atom. The van der Waals surface area contributed by atoms with Crippen LogP contribution in [0.1, 0.15) is 47.3 Å². The summed E-state index contributed by atoms with van der Waals surface area (Å²) in [7, 11) is 0. The molecular formula is C24H24N4O2. The van der Waals surface area contributed by atoms with Gasteiger partial charge in [-0.3, -0.25) is 9.78 Å². The molecule has 152 valence electrons. The van der Waals surface area contributed by atoms with E-state index >= 15 is 0 Å². The van der Waals surface area contributed by atoms with Crippen LogP contribution in [-0.4, -0.2) is 26.9 Å². The average molecular weight is 400 g/mol. The molecule has 0 radical (unpaired) electrons. The molecule has 1 saturated carbocycles. The predicted molar refractivity (Wildman–Crippen MR) is 115 cm³/mol. The van der Waals surface area contributed by atoms with E-state index in [0.29, 0.717) is 11.6 Å². The lowest BCUT2D eigenvalue weighted by Crippen LogP contribution is -2.37. The molecule has 1 fully saturated rings. The van der Waals surface area contributed by atoms with Crippen molar-refractivity contribution in [2.24, 2.45) is 0 Å². The quantitative estimate of drug-likeness (QED) is 0.670. The smallest absolute Gasteiger partial charge is 0.271 e. The maximum Gasteiger partial charge on any atom is 0.271 e. The molecule has 6 nitrogen and oxygen atoms in total. The Morgan fingerprint density at radius 1 is 1.17 bits per heavy atom. The zero-order valence-electron chi connectivity index (χ0n) is 16.9. The van der Waals surface area contributed by atoms with Crippen molar-refractivity contribution in [1.29, 1.82) is 0 Å². The van der Waals surface area contributed by atoms with Crippen molar-refractivity contribution in [3.8, 4) is 11.6 Å². The third-order valence-corrected chi connectivity index (χ3v) is 5.03. The second-order valence-electron chi connectivity index (χ2n) is 7.51. The van der Waals surface area contributed by atoms with Crippen LogP contribution < -0.4 is 10.1 Å². The van der Waals surface area contributed by atoms with E-state index in [2.05, 4.69) is 32.4 Å². The van der Waals surface area contributed by atoms with Gasteiger partial charge in [-0.25, -0.2) is 9.97 Å². The Kier molecular flexibility index (Phi) is 6.13. The standard InChI is InChI=1S/C24H24N4O2/c1-17-8-9-23(27-15-17)30-21-7-3-5-19(14-21)12-18-4-2-6-20(13-18)28-24(29)22-16-25-10-11-26-22/h3,5,7-12,14-16,20H,2,4,6,13H2,1H3,(H,28,29)/b18-12+. The molecule has 3 aromatic rings. The van der Waals surface area contributed by atoms with Crippen LogP contribution in [0.2, 0.25) is 0 Å². The topological polar surface area (TPSA) is 77.0 Å². The van der Waals surface area contributed by atoms with Crippen molar-refractivity contribution in [3.63, 3.8) is 0 Å². The summed E-state index contributed by atoms with van der Waals surface area (Å²) in [5.74, 6) is 1.16. The second kappa shape index (κ2) is 9.31. The number of ether oxygens (including phenoxy) is 1. The Hall–Kier alpha value is -3.54. The molecule has 1 amide bonds. The van der Waals surface area contributed by atoms with E-state index in [1.807, 2.05) is 37.3 Å². The minimum Gasteiger partial charge on any atom is -0.439 e. The number of hydrogen-bond acceptors (Lipinski definition) is 5. The van der Waals surface area contributed by atoms with Gasteiger partial charge in [0.1, 0.15) is 11.4 Å². The number of nitrogens with one attached hydrogen (secondary N) is 1. The summed E-state index contributed by atoms with van der Waals surface area (Å²) in [5.41, 5.74) is 3.84. The van der Waals surface area contributed by atoms with Crippen molar-refractivity contribution in [3.05, 3.63) is 83.6 Å². The lowest BCUT2D eigenvalue weighted by molar-refractivity contribution is 0.0926. The normalized spacial score (nSPS) is 17.5. The van der Waals surface area contributed by atoms with Gasteiger partial charge in [0.15, 0.2) is 0 Å². The lowest BCUT2D eigenvalue weighted by atomic mass is 9.89. The number of rotatable bonds is 5. The van der Waals surface area contributed by atoms with Crippen molar-refractivity contribution >= 4 is 12.0 Å². The number of pyridine rings is 1. The van der Waals surface area contributed by atoms with Crippen LogP contribution in [-0.2, 0) is 0 Å². The molecule has 30 heavy (non-hydrogen) atoms. The first-order chi connectivity index (χ1) is 14.7. The molecule has 0 spiro atoms. The molecule has 2 heterocycles. The van der Waals surface area contributed by atoms with Crippen LogP contribution in [0.15, 0.2) is 66.8 Å². The highest BCUT2D eigenvalue weighted by atomic mass is 16.5. The van der Waals surface area contributed by atoms with Crippen LogP contribution in [0.4, 0.5) is 0 Å². The van der Waals surface area contributed by atoms with Gasteiger partial charge in [0.05, 0.1) is 6.20 Å². The number of carbonyl (C=O) groups is 1. The third kappa shape index (κ3) is 5.29. The molecule has 1 aromatic carbocycles. The maximum absolute atomic E-state index is 12.4. The SMILES string of the molecule is Cc1ccc(Oc2cccc(/C=C3\CCCC(NC(=O)c4cnccn4)C3)c2)nc1. The van der Waals surface area contributed by atoms with Gasteiger partial charge in [-0.05, 0) is 55.9 Å². The first-order valence-corrected chi connectivity index (χ1v) is 10.1. The van der Waals surface area contributed by atoms with Crippen LogP contribution >= 0.6 is 0 Å². The highest BCUT2D eigenvalue weighted by Crippen LogP contribution is 2.27. The number of aromatic nitrogens is 3. The lowest BCUT2D eigenvalue weighted by Gasteiger charge is -2.25. The Balaban J connectivity index is 1.41. The van der Waals surface area contributed by atoms with E-state index in [-0.39, 0.29) is 11.9 Å². The van der Waals surface area contributed by atoms with Gasteiger partial charge in [0.25, 0.3) is 5.91 Å². The Labute approximate surface area is 176 Å². The van der Waals surface area contributed by atoms with Crippen molar-refractivity contribution < 1.29 is 9.53 Å². The fourth-order valence-corrected chi connectivity index (χ4v) is 3.56. The van der Waals surface area contributed by atoms with Crippen molar-refractivity contribution in [2.75, 3.05) is 0 Å². The summed E-state index contributed by atoms with van der Waals surface area (Å²) in [6.45, 7) is 2.00. The molecule has 0 saturated heterocycles. The van der Waals surface area contributed by atoms with Crippen LogP contribution in [0.3, 0.4) is 0 Å². The van der Waals surface area contributed by atoms with E-state index in [9.17, 15) is 4.79 Å². The van der Waals surface area contributed by atoms with E-state index in [0.717, 1.165) is 42.6 Å². The number of carbonyl (C=O) groups excluding carboxylic acids is 1. The Bertz CT molecular complexity index is 1030. The summed E-state index contributed by atoms with van der Waals surface area (Å²) < 4.78 is 5.88. The molecule has 0 bridgehead atoms. The van der Waals surface area contributed by atoms with Gasteiger partial charge < -0.3 is 10.1 Å². The fraction of sp³-hybridized carbons (Fsp3) is 0.250. The molecule has 0 aliphatic heterocycles. The van der Waals surface area contributed by atoms with Gasteiger partial charge in [-0.1, -0.05) is 29.8 Å². The second-order valence-corrected chi connectivity index (χ2v) is 7.51. The van der Waals surface area contributed by atoms with E-state index in [1.54, 1.807) is 12.4 Å². The summed E-state index contributed by atoms with van der Waals surface area (Å²) >= 11 is 0. The Morgan fingerprint density at radius 3 is 2.90 bits per heavy atom. The molecular weight excluding hydrogens is 376 g/mol. The number of benzene rings is 1. The summed E-state index contributed by atoms with van der Waals surface area (Å²) in [6.07, 6.45) is 12.4. The molecule has 1 aliphatic rings. The molecule has 1 atom stereocenters. The van der Waals surface area contributed by atoms with Crippen LogP contribution in [0.25, 0.3) is 6.08 Å². The molecule has 1 aliphatic carbocycles. The highest BCUT2D eigenvalue weighted by molar-refractivity contribution is 5.92. The van der Waals surface area contributed by atoms with Crippen LogP contribution in [0, 0.1) is 6.92 Å². The monoisotopic (exact) mass is 400 g/mol. The average Bonchev–Trinajstić information content (AvgIpc) is 2.76. The molecule has 1 unspecified atom stereocenters. The number of aryl methyl sites for hydroxylation is 1. The molecule has 6 heteroatoms. The minimum absolute atomic E-state index is 0.107. The highest BCUT2D eigenvalue weighted by Gasteiger charge is 2.20. The number of hydrogen-bond donors (Lipinski definition) is 1. The third-order valence-electron chi connectivity index (χ3n) is 5.03. The minimum atomic E-state index is -0.171. The zero-order chi connectivity index (χ0) is 20.8. The van der Waals surface area contributed by atoms with Gasteiger partial charge in [-0.2, -0.15) is 0 Å². The molecule has 2 aromatic heterocycles. The first kappa shape index (κ1) is 19.8. The van der Waals surface area contributed by atoms with Crippen molar-refractivity contribution in [2.45, 2.75) is 38.6 Å². The van der Waals surface area contributed by atoms with Gasteiger partial charge >= 0.3 is 0 Å². The first-order valence-electron chi connectivity index (χ1n) is 10.1. The zero-order valence-corrected chi connectivity index (χ0v) is 16.9. The number of amides is 1. The fourth-order valence-electron chi connectivity index (χ4n) is 3.56. The van der Waals surface area contributed by atoms with E-state index in [4.69, 9.17) is 4.74 Å².